The average molecular weight is 457 g/mol. The number of amides is 4. The number of hydrogen-bond donors (Lipinski definition) is 1. The summed E-state index contributed by atoms with van der Waals surface area (Å²) in [5.74, 6) is -0.0246. The van der Waals surface area contributed by atoms with Crippen molar-refractivity contribution in [3.63, 3.8) is 0 Å². The number of hydrogen-bond acceptors (Lipinski definition) is 5. The summed E-state index contributed by atoms with van der Waals surface area (Å²) < 4.78 is 12.9. The number of fused-ring (bicyclic) bond motifs is 1. The molecule has 3 heterocycles. The smallest absolute Gasteiger partial charge is 0.335 e. The Hall–Kier alpha value is -4.33. The maximum absolute atomic E-state index is 13.4. The van der Waals surface area contributed by atoms with Crippen molar-refractivity contribution in [1.82, 2.24) is 9.88 Å². The molecule has 34 heavy (non-hydrogen) atoms. The zero-order chi connectivity index (χ0) is 24.1. The number of benzene rings is 2. The van der Waals surface area contributed by atoms with Gasteiger partial charge in [0.15, 0.2) is 11.5 Å². The zero-order valence-electron chi connectivity index (χ0n) is 19.3. The summed E-state index contributed by atoms with van der Waals surface area (Å²) in [4.78, 5) is 39.6. The Morgan fingerprint density at radius 3 is 2.50 bits per heavy atom. The van der Waals surface area contributed by atoms with E-state index >= 15 is 0 Å². The molecule has 5 rings (SSSR count). The van der Waals surface area contributed by atoms with Crippen molar-refractivity contribution in [2.24, 2.45) is 0 Å². The molecule has 1 saturated heterocycles. The van der Waals surface area contributed by atoms with E-state index in [1.165, 1.54) is 6.08 Å². The van der Waals surface area contributed by atoms with Crippen LogP contribution < -0.4 is 19.7 Å². The Kier molecular flexibility index (Phi) is 5.01. The van der Waals surface area contributed by atoms with Gasteiger partial charge in [0.05, 0.1) is 5.69 Å². The first-order valence-corrected chi connectivity index (χ1v) is 10.8. The van der Waals surface area contributed by atoms with Crippen molar-refractivity contribution in [2.75, 3.05) is 11.7 Å². The molecule has 0 aliphatic carbocycles. The van der Waals surface area contributed by atoms with Gasteiger partial charge in [-0.25, -0.2) is 9.69 Å². The number of ether oxygens (including phenoxy) is 2. The van der Waals surface area contributed by atoms with Crippen molar-refractivity contribution >= 4 is 29.6 Å². The van der Waals surface area contributed by atoms with Gasteiger partial charge >= 0.3 is 6.03 Å². The highest BCUT2D eigenvalue weighted by molar-refractivity contribution is 6.39. The summed E-state index contributed by atoms with van der Waals surface area (Å²) in [7, 11) is 0. The molecule has 0 atom stereocenters. The quantitative estimate of drug-likeness (QED) is 0.472. The third kappa shape index (κ3) is 3.35. The van der Waals surface area contributed by atoms with Crippen LogP contribution in [0.1, 0.15) is 28.1 Å². The van der Waals surface area contributed by atoms with Crippen LogP contribution in [0.25, 0.3) is 11.8 Å². The second-order valence-electron chi connectivity index (χ2n) is 8.38. The molecule has 4 amide bonds. The molecule has 8 nitrogen and oxygen atoms in total. The molecule has 0 bridgehead atoms. The predicted molar refractivity (Wildman–Crippen MR) is 126 cm³/mol. The van der Waals surface area contributed by atoms with Gasteiger partial charge in [-0.2, -0.15) is 0 Å². The molecule has 2 aromatic carbocycles. The van der Waals surface area contributed by atoms with E-state index in [0.717, 1.165) is 33.1 Å². The van der Waals surface area contributed by atoms with E-state index in [2.05, 4.69) is 5.32 Å². The predicted octanol–water partition coefficient (Wildman–Crippen LogP) is 4.11. The van der Waals surface area contributed by atoms with Crippen LogP contribution in [0.4, 0.5) is 10.5 Å². The lowest BCUT2D eigenvalue weighted by Gasteiger charge is -2.28. The Bertz CT molecular complexity index is 1420. The van der Waals surface area contributed by atoms with Crippen molar-refractivity contribution < 1.29 is 23.9 Å². The van der Waals surface area contributed by atoms with Gasteiger partial charge in [0.2, 0.25) is 6.79 Å². The second-order valence-corrected chi connectivity index (χ2v) is 8.38. The number of nitrogens with zero attached hydrogens (tertiary/aromatic N) is 2. The fourth-order valence-electron chi connectivity index (χ4n) is 4.36. The highest BCUT2D eigenvalue weighted by atomic mass is 16.7. The van der Waals surface area contributed by atoms with Gasteiger partial charge < -0.3 is 14.0 Å². The molecular weight excluding hydrogens is 434 g/mol. The van der Waals surface area contributed by atoms with Crippen LogP contribution in [0.2, 0.25) is 0 Å². The van der Waals surface area contributed by atoms with Crippen LogP contribution in [0.3, 0.4) is 0 Å². The maximum Gasteiger partial charge on any atom is 0.335 e. The average Bonchev–Trinajstić information content (AvgIpc) is 3.37. The Morgan fingerprint density at radius 2 is 1.71 bits per heavy atom. The first-order chi connectivity index (χ1) is 16.3. The molecule has 0 radical (unpaired) electrons. The van der Waals surface area contributed by atoms with Crippen LogP contribution in [0, 0.1) is 27.7 Å². The normalized spacial score (nSPS) is 16.4. The van der Waals surface area contributed by atoms with Gasteiger partial charge in [-0.3, -0.25) is 14.9 Å². The van der Waals surface area contributed by atoms with E-state index in [1.54, 1.807) is 12.1 Å². The van der Waals surface area contributed by atoms with E-state index in [4.69, 9.17) is 9.47 Å². The number of anilines is 1. The number of aryl methyl sites for hydroxylation is 2. The Morgan fingerprint density at radius 1 is 0.941 bits per heavy atom. The summed E-state index contributed by atoms with van der Waals surface area (Å²) in [6, 6.07) is 12.2. The van der Waals surface area contributed by atoms with Crippen molar-refractivity contribution in [3.8, 4) is 17.2 Å². The standard InChI is InChI=1S/C26H23N3O5/c1-14-6-5-7-21(16(14)3)29-25(31)20(24(30)27-26(29)32)11-18-10-15(2)28(17(18)4)19-8-9-22-23(12-19)34-13-33-22/h5-12H,13H2,1-4H3,(H,27,30,32)/b20-11+. The highest BCUT2D eigenvalue weighted by Gasteiger charge is 2.37. The summed E-state index contributed by atoms with van der Waals surface area (Å²) in [6.07, 6.45) is 1.54. The number of carbonyl (C=O) groups is 3. The maximum atomic E-state index is 13.4. The van der Waals surface area contributed by atoms with Crippen LogP contribution in [-0.4, -0.2) is 29.2 Å². The lowest BCUT2D eigenvalue weighted by Crippen LogP contribution is -2.54. The van der Waals surface area contributed by atoms with E-state index in [9.17, 15) is 14.4 Å². The minimum Gasteiger partial charge on any atom is -0.454 e. The SMILES string of the molecule is Cc1cccc(N2C(=O)NC(=O)/C(=C\c3cc(C)n(-c4ccc5c(c4)OCO5)c3C)C2=O)c1C. The Labute approximate surface area is 196 Å². The number of rotatable bonds is 3. The third-order valence-electron chi connectivity index (χ3n) is 6.30. The fourth-order valence-corrected chi connectivity index (χ4v) is 4.36. The van der Waals surface area contributed by atoms with Gasteiger partial charge in [0, 0.05) is 23.1 Å². The number of nitrogens with one attached hydrogen (secondary N) is 1. The third-order valence-corrected chi connectivity index (χ3v) is 6.30. The molecule has 0 unspecified atom stereocenters. The van der Waals surface area contributed by atoms with Crippen LogP contribution in [-0.2, 0) is 9.59 Å². The first kappa shape index (κ1) is 21.5. The molecule has 1 aromatic heterocycles. The van der Waals surface area contributed by atoms with Crippen LogP contribution in [0.15, 0.2) is 48.0 Å². The number of urea groups is 1. The molecule has 1 fully saturated rings. The first-order valence-electron chi connectivity index (χ1n) is 10.8. The molecule has 1 N–H and O–H groups in total. The van der Waals surface area contributed by atoms with E-state index < -0.39 is 17.8 Å². The molecular formula is C26H23N3O5. The fraction of sp³-hybridized carbons (Fsp3) is 0.192. The lowest BCUT2D eigenvalue weighted by atomic mass is 10.0. The molecule has 2 aliphatic rings. The van der Waals surface area contributed by atoms with Crippen molar-refractivity contribution in [3.05, 3.63) is 76.1 Å². The number of aromatic nitrogens is 1. The summed E-state index contributed by atoms with van der Waals surface area (Å²) >= 11 is 0. The molecule has 2 aliphatic heterocycles. The Balaban J connectivity index is 1.56. The minimum atomic E-state index is -0.758. The summed E-state index contributed by atoms with van der Waals surface area (Å²) in [5, 5.41) is 2.30. The summed E-state index contributed by atoms with van der Waals surface area (Å²) in [6.45, 7) is 7.77. The number of carbonyl (C=O) groups excluding carboxylic acids is 3. The summed E-state index contributed by atoms with van der Waals surface area (Å²) in [5.41, 5.74) is 5.39. The number of imide groups is 2. The van der Waals surface area contributed by atoms with Gasteiger partial charge in [0.25, 0.3) is 11.8 Å². The van der Waals surface area contributed by atoms with Gasteiger partial charge in [-0.1, -0.05) is 12.1 Å². The van der Waals surface area contributed by atoms with Gasteiger partial charge in [-0.05, 0) is 74.7 Å². The zero-order valence-corrected chi connectivity index (χ0v) is 19.3. The van der Waals surface area contributed by atoms with E-state index in [1.807, 2.05) is 62.6 Å². The molecule has 0 spiro atoms. The van der Waals surface area contributed by atoms with Gasteiger partial charge in [-0.15, -0.1) is 0 Å². The lowest BCUT2D eigenvalue weighted by molar-refractivity contribution is -0.122. The minimum absolute atomic E-state index is 0.105. The van der Waals surface area contributed by atoms with Gasteiger partial charge in [0.1, 0.15) is 5.57 Å². The van der Waals surface area contributed by atoms with Crippen molar-refractivity contribution in [2.45, 2.75) is 27.7 Å². The largest absolute Gasteiger partial charge is 0.454 e. The topological polar surface area (TPSA) is 89.9 Å². The molecule has 172 valence electrons. The molecule has 0 saturated carbocycles. The van der Waals surface area contributed by atoms with Crippen molar-refractivity contribution in [1.29, 1.82) is 0 Å². The van der Waals surface area contributed by atoms with E-state index in [0.29, 0.717) is 22.7 Å². The van der Waals surface area contributed by atoms with E-state index in [-0.39, 0.29) is 12.4 Å². The van der Waals surface area contributed by atoms with Crippen LogP contribution >= 0.6 is 0 Å². The number of barbiturate groups is 1. The van der Waals surface area contributed by atoms with Crippen LogP contribution in [0.5, 0.6) is 11.5 Å². The highest BCUT2D eigenvalue weighted by Crippen LogP contribution is 2.35. The molecule has 3 aromatic rings. The molecule has 8 heteroatoms. The monoisotopic (exact) mass is 457 g/mol. The second kappa shape index (κ2) is 7.91.